The van der Waals surface area contributed by atoms with Gasteiger partial charge in [0.05, 0.1) is 0 Å². The molecule has 0 spiro atoms. The van der Waals surface area contributed by atoms with Gasteiger partial charge in [0.2, 0.25) is 0 Å². The Labute approximate surface area is 107 Å². The Kier molecular flexibility index (Phi) is 4.76. The topological polar surface area (TPSA) is 76.3 Å². The maximum Gasteiger partial charge on any atom is 0.182 e. The van der Waals surface area contributed by atoms with Crippen LogP contribution in [0.2, 0.25) is 0 Å². The molecule has 0 aromatic carbocycles. The lowest BCUT2D eigenvalue weighted by Crippen LogP contribution is -2.25. The first-order valence-corrected chi connectivity index (χ1v) is 8.28. The highest BCUT2D eigenvalue weighted by Gasteiger charge is 2.24. The molecule has 7 heteroatoms. The summed E-state index contributed by atoms with van der Waals surface area (Å²) in [6, 6.07) is 0. The van der Waals surface area contributed by atoms with Crippen LogP contribution < -0.4 is 10.6 Å². The summed E-state index contributed by atoms with van der Waals surface area (Å²) in [7, 11) is -3.32. The molecular weight excluding hydrogens is 258 g/mol. The van der Waals surface area contributed by atoms with E-state index < -0.39 is 9.84 Å². The molecule has 98 valence electrons. The van der Waals surface area contributed by atoms with Gasteiger partial charge >= 0.3 is 0 Å². The van der Waals surface area contributed by atoms with E-state index in [9.17, 15) is 8.42 Å². The number of anilines is 2. The van der Waals surface area contributed by atoms with Gasteiger partial charge in [0, 0.05) is 19.3 Å². The summed E-state index contributed by atoms with van der Waals surface area (Å²) in [6.45, 7) is 5.76. The molecule has 0 atom stereocenters. The molecule has 0 aliphatic rings. The molecule has 0 aliphatic heterocycles. The number of rotatable bonds is 6. The SMILES string of the molecule is CCCN(CCC)c1snc(N)c1S(C)(=O)=O. The molecule has 17 heavy (non-hydrogen) atoms. The van der Waals surface area contributed by atoms with Crippen LogP contribution in [0.1, 0.15) is 26.7 Å². The van der Waals surface area contributed by atoms with Crippen LogP contribution in [0.3, 0.4) is 0 Å². The fraction of sp³-hybridized carbons (Fsp3) is 0.700. The highest BCUT2D eigenvalue weighted by molar-refractivity contribution is 7.91. The predicted octanol–water partition coefficient (Wildman–Crippen LogP) is 1.76. The van der Waals surface area contributed by atoms with E-state index in [4.69, 9.17) is 5.73 Å². The number of sulfone groups is 1. The van der Waals surface area contributed by atoms with Gasteiger partial charge in [0.15, 0.2) is 15.7 Å². The quantitative estimate of drug-likeness (QED) is 0.857. The smallest absolute Gasteiger partial charge is 0.182 e. The molecule has 0 radical (unpaired) electrons. The number of nitrogens with zero attached hydrogens (tertiary/aromatic N) is 2. The van der Waals surface area contributed by atoms with Gasteiger partial charge in [0.25, 0.3) is 0 Å². The van der Waals surface area contributed by atoms with Crippen molar-refractivity contribution in [2.45, 2.75) is 31.6 Å². The Morgan fingerprint density at radius 1 is 1.29 bits per heavy atom. The molecule has 2 N–H and O–H groups in total. The van der Waals surface area contributed by atoms with E-state index in [1.165, 1.54) is 6.26 Å². The number of hydrogen-bond acceptors (Lipinski definition) is 6. The van der Waals surface area contributed by atoms with Gasteiger partial charge in [-0.2, -0.15) is 4.37 Å². The van der Waals surface area contributed by atoms with E-state index >= 15 is 0 Å². The fourth-order valence-corrected chi connectivity index (χ4v) is 3.95. The van der Waals surface area contributed by atoms with Crippen molar-refractivity contribution >= 4 is 32.2 Å². The zero-order chi connectivity index (χ0) is 13.1. The van der Waals surface area contributed by atoms with Crippen LogP contribution in [-0.2, 0) is 9.84 Å². The molecular formula is C10H19N3O2S2. The Balaban J connectivity index is 3.20. The minimum atomic E-state index is -3.32. The molecule has 0 saturated carbocycles. The summed E-state index contributed by atoms with van der Waals surface area (Å²) >= 11 is 1.16. The van der Waals surface area contributed by atoms with Crippen molar-refractivity contribution in [3.63, 3.8) is 0 Å². The molecule has 0 unspecified atom stereocenters. The molecule has 0 fully saturated rings. The van der Waals surface area contributed by atoms with Crippen LogP contribution in [0.25, 0.3) is 0 Å². The first kappa shape index (κ1) is 14.2. The first-order chi connectivity index (χ1) is 7.91. The third-order valence-corrected chi connectivity index (χ3v) is 4.50. The summed E-state index contributed by atoms with van der Waals surface area (Å²) in [5.74, 6) is 0.115. The van der Waals surface area contributed by atoms with Crippen molar-refractivity contribution in [1.82, 2.24) is 4.37 Å². The minimum absolute atomic E-state index is 0.115. The van der Waals surface area contributed by atoms with Gasteiger partial charge in [-0.25, -0.2) is 8.42 Å². The van der Waals surface area contributed by atoms with Crippen molar-refractivity contribution in [3.8, 4) is 0 Å². The lowest BCUT2D eigenvalue weighted by molar-refractivity contribution is 0.601. The predicted molar refractivity (Wildman–Crippen MR) is 72.4 cm³/mol. The van der Waals surface area contributed by atoms with Crippen molar-refractivity contribution in [2.75, 3.05) is 30.0 Å². The van der Waals surface area contributed by atoms with Gasteiger partial charge in [-0.05, 0) is 24.4 Å². The zero-order valence-electron chi connectivity index (χ0n) is 10.4. The van der Waals surface area contributed by atoms with Crippen LogP contribution in [0.15, 0.2) is 4.90 Å². The van der Waals surface area contributed by atoms with Crippen LogP contribution in [0.5, 0.6) is 0 Å². The van der Waals surface area contributed by atoms with Gasteiger partial charge < -0.3 is 10.6 Å². The van der Waals surface area contributed by atoms with Crippen LogP contribution >= 0.6 is 11.5 Å². The van der Waals surface area contributed by atoms with E-state index in [0.717, 1.165) is 37.5 Å². The minimum Gasteiger partial charge on any atom is -0.382 e. The van der Waals surface area contributed by atoms with Crippen LogP contribution in [-0.4, -0.2) is 32.1 Å². The molecule has 1 heterocycles. The van der Waals surface area contributed by atoms with Gasteiger partial charge in [-0.15, -0.1) is 0 Å². The lowest BCUT2D eigenvalue weighted by Gasteiger charge is -2.22. The third-order valence-electron chi connectivity index (χ3n) is 2.30. The van der Waals surface area contributed by atoms with Crippen LogP contribution in [0, 0.1) is 0 Å². The normalized spacial score (nSPS) is 11.7. The summed E-state index contributed by atoms with van der Waals surface area (Å²) in [5.41, 5.74) is 5.65. The molecule has 1 aromatic heterocycles. The molecule has 5 nitrogen and oxygen atoms in total. The first-order valence-electron chi connectivity index (χ1n) is 5.61. The van der Waals surface area contributed by atoms with Gasteiger partial charge in [-0.3, -0.25) is 0 Å². The monoisotopic (exact) mass is 277 g/mol. The summed E-state index contributed by atoms with van der Waals surface area (Å²) in [6.07, 6.45) is 3.09. The standard InChI is InChI=1S/C10H19N3O2S2/c1-4-6-13(7-5-2)10-8(17(3,14)15)9(11)12-16-10/h4-7H2,1-3H3,(H2,11,12). The summed E-state index contributed by atoms with van der Waals surface area (Å²) in [5, 5.41) is 0.675. The highest BCUT2D eigenvalue weighted by Crippen LogP contribution is 2.34. The van der Waals surface area contributed by atoms with Gasteiger partial charge in [-0.1, -0.05) is 13.8 Å². The Bertz CT molecular complexity index is 462. The molecule has 0 amide bonds. The average Bonchev–Trinajstić information content (AvgIpc) is 2.59. The van der Waals surface area contributed by atoms with Crippen molar-refractivity contribution in [3.05, 3.63) is 0 Å². The van der Waals surface area contributed by atoms with E-state index in [2.05, 4.69) is 18.2 Å². The fourth-order valence-electron chi connectivity index (χ4n) is 1.69. The molecule has 0 bridgehead atoms. The molecule has 0 saturated heterocycles. The Morgan fingerprint density at radius 3 is 2.24 bits per heavy atom. The van der Waals surface area contributed by atoms with E-state index in [1.807, 2.05) is 4.90 Å². The maximum atomic E-state index is 11.7. The van der Waals surface area contributed by atoms with Gasteiger partial charge in [0.1, 0.15) is 9.90 Å². The number of hydrogen-bond donors (Lipinski definition) is 1. The number of nitrogen functional groups attached to an aromatic ring is 1. The average molecular weight is 277 g/mol. The zero-order valence-corrected chi connectivity index (χ0v) is 12.1. The van der Waals surface area contributed by atoms with Crippen molar-refractivity contribution in [1.29, 1.82) is 0 Å². The Morgan fingerprint density at radius 2 is 1.82 bits per heavy atom. The molecule has 1 aromatic rings. The van der Waals surface area contributed by atoms with Crippen molar-refractivity contribution < 1.29 is 8.42 Å². The van der Waals surface area contributed by atoms with E-state index in [0.29, 0.717) is 5.00 Å². The lowest BCUT2D eigenvalue weighted by atomic mass is 10.3. The second kappa shape index (κ2) is 5.68. The highest BCUT2D eigenvalue weighted by atomic mass is 32.2. The van der Waals surface area contributed by atoms with Crippen molar-refractivity contribution in [2.24, 2.45) is 0 Å². The Hall–Kier alpha value is -0.820. The van der Waals surface area contributed by atoms with E-state index in [1.54, 1.807) is 0 Å². The second-order valence-corrected chi connectivity index (χ2v) is 6.67. The largest absolute Gasteiger partial charge is 0.382 e. The summed E-state index contributed by atoms with van der Waals surface area (Å²) < 4.78 is 27.4. The van der Waals surface area contributed by atoms with Crippen LogP contribution in [0.4, 0.5) is 10.8 Å². The summed E-state index contributed by atoms with van der Waals surface area (Å²) in [4.78, 5) is 2.23. The maximum absolute atomic E-state index is 11.7. The molecule has 1 rings (SSSR count). The second-order valence-electron chi connectivity index (χ2n) is 3.96. The van der Waals surface area contributed by atoms with E-state index in [-0.39, 0.29) is 10.7 Å². The third kappa shape index (κ3) is 3.32. The number of nitrogens with two attached hydrogens (primary N) is 1. The molecule has 0 aliphatic carbocycles. The number of aromatic nitrogens is 1.